The molecule has 0 spiro atoms. The van der Waals surface area contributed by atoms with Crippen LogP contribution in [0.4, 0.5) is 0 Å². The van der Waals surface area contributed by atoms with E-state index in [1.54, 1.807) is 0 Å². The number of hydrogen-bond acceptors (Lipinski definition) is 3. The van der Waals surface area contributed by atoms with Crippen LogP contribution in [0.5, 0.6) is 0 Å². The van der Waals surface area contributed by atoms with Crippen LogP contribution in [0.25, 0.3) is 0 Å². The zero-order valence-electron chi connectivity index (χ0n) is 9.87. The molecule has 15 heavy (non-hydrogen) atoms. The summed E-state index contributed by atoms with van der Waals surface area (Å²) in [6.45, 7) is 7.86. The second kappa shape index (κ2) is 5.83. The lowest BCUT2D eigenvalue weighted by Gasteiger charge is -2.42. The van der Waals surface area contributed by atoms with Crippen LogP contribution < -0.4 is 5.32 Å². The maximum absolute atomic E-state index is 5.54. The van der Waals surface area contributed by atoms with Crippen molar-refractivity contribution in [3.63, 3.8) is 0 Å². The molecule has 3 nitrogen and oxygen atoms in total. The summed E-state index contributed by atoms with van der Waals surface area (Å²) in [4.78, 5) is 2.73. The Morgan fingerprint density at radius 1 is 1.20 bits per heavy atom. The zero-order valence-corrected chi connectivity index (χ0v) is 9.87. The van der Waals surface area contributed by atoms with Gasteiger partial charge in [0.2, 0.25) is 0 Å². The van der Waals surface area contributed by atoms with Crippen LogP contribution in [-0.4, -0.2) is 49.8 Å². The fourth-order valence-corrected chi connectivity index (χ4v) is 2.65. The van der Waals surface area contributed by atoms with E-state index >= 15 is 0 Å². The van der Waals surface area contributed by atoms with Gasteiger partial charge in [-0.15, -0.1) is 0 Å². The fraction of sp³-hybridized carbons (Fsp3) is 1.00. The first-order valence-corrected chi connectivity index (χ1v) is 6.46. The summed E-state index contributed by atoms with van der Waals surface area (Å²) in [6, 6.07) is 1.58. The highest BCUT2D eigenvalue weighted by Gasteiger charge is 2.29. The Labute approximate surface area is 93.2 Å². The third-order valence-electron chi connectivity index (χ3n) is 3.60. The Morgan fingerprint density at radius 2 is 2.07 bits per heavy atom. The maximum Gasteiger partial charge on any atom is 0.0480 e. The van der Waals surface area contributed by atoms with Crippen molar-refractivity contribution in [3.8, 4) is 0 Å². The molecule has 88 valence electrons. The van der Waals surface area contributed by atoms with Gasteiger partial charge >= 0.3 is 0 Å². The summed E-state index contributed by atoms with van der Waals surface area (Å²) in [7, 11) is 0. The first-order chi connectivity index (χ1) is 7.42. The largest absolute Gasteiger partial charge is 0.381 e. The Hall–Kier alpha value is -0.120. The lowest BCUT2D eigenvalue weighted by Crippen LogP contribution is -2.60. The van der Waals surface area contributed by atoms with Gasteiger partial charge in [-0.1, -0.05) is 6.92 Å². The van der Waals surface area contributed by atoms with Crippen molar-refractivity contribution in [2.75, 3.05) is 32.8 Å². The first-order valence-electron chi connectivity index (χ1n) is 6.46. The molecule has 1 atom stereocenters. The van der Waals surface area contributed by atoms with Gasteiger partial charge in [0.25, 0.3) is 0 Å². The van der Waals surface area contributed by atoms with Gasteiger partial charge in [-0.25, -0.2) is 0 Å². The number of nitrogens with one attached hydrogen (secondary N) is 1. The Kier molecular flexibility index (Phi) is 4.42. The van der Waals surface area contributed by atoms with E-state index < -0.39 is 0 Å². The number of hydrogen-bond donors (Lipinski definition) is 1. The molecule has 0 aliphatic carbocycles. The standard InChI is InChI=1S/C12H24N2O/c1-2-6-14(12-9-13-10-12)11-4-3-7-15-8-5-11/h11-13H,2-10H2,1H3. The summed E-state index contributed by atoms with van der Waals surface area (Å²) in [5.41, 5.74) is 0. The third kappa shape index (κ3) is 2.92. The van der Waals surface area contributed by atoms with Crippen LogP contribution in [0.2, 0.25) is 0 Å². The summed E-state index contributed by atoms with van der Waals surface area (Å²) in [6.07, 6.45) is 5.08. The Bertz CT molecular complexity index is 174. The lowest BCUT2D eigenvalue weighted by atomic mass is 10.0. The smallest absolute Gasteiger partial charge is 0.0480 e. The van der Waals surface area contributed by atoms with Crippen molar-refractivity contribution in [2.24, 2.45) is 0 Å². The second-order valence-electron chi connectivity index (χ2n) is 4.75. The van der Waals surface area contributed by atoms with Crippen molar-refractivity contribution in [2.45, 2.75) is 44.7 Å². The molecule has 1 N–H and O–H groups in total. The predicted molar refractivity (Wildman–Crippen MR) is 62.1 cm³/mol. The molecule has 2 saturated heterocycles. The van der Waals surface area contributed by atoms with Gasteiger partial charge in [0.1, 0.15) is 0 Å². The molecular formula is C12H24N2O. The summed E-state index contributed by atoms with van der Waals surface area (Å²) in [5, 5.41) is 3.38. The molecule has 2 aliphatic rings. The zero-order chi connectivity index (χ0) is 10.5. The number of rotatable bonds is 4. The lowest BCUT2D eigenvalue weighted by molar-refractivity contribution is 0.0781. The Morgan fingerprint density at radius 3 is 2.73 bits per heavy atom. The van der Waals surface area contributed by atoms with E-state index in [4.69, 9.17) is 4.74 Å². The molecule has 0 radical (unpaired) electrons. The molecule has 0 amide bonds. The molecule has 2 rings (SSSR count). The highest BCUT2D eigenvalue weighted by molar-refractivity contribution is 4.88. The molecule has 2 fully saturated rings. The van der Waals surface area contributed by atoms with E-state index in [9.17, 15) is 0 Å². The molecule has 2 aliphatic heterocycles. The van der Waals surface area contributed by atoms with Crippen molar-refractivity contribution in [1.82, 2.24) is 10.2 Å². The van der Waals surface area contributed by atoms with E-state index in [0.29, 0.717) is 0 Å². The average molecular weight is 212 g/mol. The topological polar surface area (TPSA) is 24.5 Å². The van der Waals surface area contributed by atoms with Gasteiger partial charge in [-0.3, -0.25) is 4.90 Å². The minimum atomic E-state index is 0.777. The molecule has 0 aromatic rings. The van der Waals surface area contributed by atoms with E-state index in [-0.39, 0.29) is 0 Å². The van der Waals surface area contributed by atoms with Crippen LogP contribution in [0.3, 0.4) is 0 Å². The maximum atomic E-state index is 5.54. The van der Waals surface area contributed by atoms with E-state index in [1.165, 1.54) is 45.3 Å². The van der Waals surface area contributed by atoms with Gasteiger partial charge in [-0.05, 0) is 32.2 Å². The quantitative estimate of drug-likeness (QED) is 0.759. The molecule has 0 aromatic heterocycles. The first kappa shape index (κ1) is 11.4. The van der Waals surface area contributed by atoms with Crippen LogP contribution in [0, 0.1) is 0 Å². The van der Waals surface area contributed by atoms with Gasteiger partial charge in [-0.2, -0.15) is 0 Å². The molecule has 0 aromatic carbocycles. The van der Waals surface area contributed by atoms with Crippen molar-refractivity contribution in [3.05, 3.63) is 0 Å². The summed E-state index contributed by atoms with van der Waals surface area (Å²) in [5.74, 6) is 0. The van der Waals surface area contributed by atoms with E-state index in [0.717, 1.165) is 25.3 Å². The normalized spacial score (nSPS) is 28.8. The van der Waals surface area contributed by atoms with Crippen LogP contribution >= 0.6 is 0 Å². The van der Waals surface area contributed by atoms with Gasteiger partial charge in [0.05, 0.1) is 0 Å². The SMILES string of the molecule is CCCN(C1CCCOCC1)C1CNC1. The van der Waals surface area contributed by atoms with E-state index in [2.05, 4.69) is 17.1 Å². The molecular weight excluding hydrogens is 188 g/mol. The number of ether oxygens (including phenoxy) is 1. The minimum absolute atomic E-state index is 0.777. The number of nitrogens with zero attached hydrogens (tertiary/aromatic N) is 1. The molecule has 3 heteroatoms. The second-order valence-corrected chi connectivity index (χ2v) is 4.75. The third-order valence-corrected chi connectivity index (χ3v) is 3.60. The molecule has 2 heterocycles. The van der Waals surface area contributed by atoms with Crippen LogP contribution in [-0.2, 0) is 4.74 Å². The highest BCUT2D eigenvalue weighted by atomic mass is 16.5. The Balaban J connectivity index is 1.88. The van der Waals surface area contributed by atoms with Crippen LogP contribution in [0.15, 0.2) is 0 Å². The minimum Gasteiger partial charge on any atom is -0.381 e. The molecule has 0 bridgehead atoms. The van der Waals surface area contributed by atoms with Crippen molar-refractivity contribution in [1.29, 1.82) is 0 Å². The average Bonchev–Trinajstić information content (AvgIpc) is 2.42. The van der Waals surface area contributed by atoms with Gasteiger partial charge in [0, 0.05) is 38.4 Å². The molecule has 1 unspecified atom stereocenters. The monoisotopic (exact) mass is 212 g/mol. The highest BCUT2D eigenvalue weighted by Crippen LogP contribution is 2.19. The van der Waals surface area contributed by atoms with E-state index in [1.807, 2.05) is 0 Å². The molecule has 0 saturated carbocycles. The van der Waals surface area contributed by atoms with Gasteiger partial charge in [0.15, 0.2) is 0 Å². The van der Waals surface area contributed by atoms with Gasteiger partial charge < -0.3 is 10.1 Å². The van der Waals surface area contributed by atoms with Crippen molar-refractivity contribution >= 4 is 0 Å². The van der Waals surface area contributed by atoms with Crippen molar-refractivity contribution < 1.29 is 4.74 Å². The van der Waals surface area contributed by atoms with Crippen LogP contribution in [0.1, 0.15) is 32.6 Å². The summed E-state index contributed by atoms with van der Waals surface area (Å²) >= 11 is 0. The summed E-state index contributed by atoms with van der Waals surface area (Å²) < 4.78 is 5.54. The fourth-order valence-electron chi connectivity index (χ4n) is 2.65. The predicted octanol–water partition coefficient (Wildman–Crippen LogP) is 1.24.